The first kappa shape index (κ1) is 14.7. The molecule has 0 heterocycles. The van der Waals surface area contributed by atoms with Crippen molar-refractivity contribution in [3.63, 3.8) is 0 Å². The van der Waals surface area contributed by atoms with Gasteiger partial charge in [-0.05, 0) is 32.4 Å². The molecule has 0 bridgehead atoms. The Bertz CT molecular complexity index is 364. The van der Waals surface area contributed by atoms with Crippen LogP contribution in [0, 0.1) is 0 Å². The van der Waals surface area contributed by atoms with Gasteiger partial charge in [0.1, 0.15) is 5.75 Å². The molecule has 0 unspecified atom stereocenters. The first-order chi connectivity index (χ1) is 8.60. The fourth-order valence-corrected chi connectivity index (χ4v) is 2.09. The summed E-state index contributed by atoms with van der Waals surface area (Å²) in [5, 5.41) is 0. The summed E-state index contributed by atoms with van der Waals surface area (Å²) in [5.74, 6) is 0.861. The number of unbranched alkanes of at least 4 members (excludes halogenated alkanes) is 2. The number of anilines is 2. The fourth-order valence-electron chi connectivity index (χ4n) is 2.09. The van der Waals surface area contributed by atoms with E-state index < -0.39 is 0 Å². The normalized spacial score (nSPS) is 10.7. The summed E-state index contributed by atoms with van der Waals surface area (Å²) >= 11 is 0. The van der Waals surface area contributed by atoms with E-state index in [0.717, 1.165) is 23.7 Å². The van der Waals surface area contributed by atoms with E-state index in [1.807, 2.05) is 18.2 Å². The molecule has 1 aromatic rings. The van der Waals surface area contributed by atoms with Crippen LogP contribution >= 0.6 is 0 Å². The highest BCUT2D eigenvalue weighted by molar-refractivity contribution is 5.70. The summed E-state index contributed by atoms with van der Waals surface area (Å²) in [6.07, 6.45) is 3.69. The van der Waals surface area contributed by atoms with Gasteiger partial charge >= 0.3 is 0 Å². The Balaban J connectivity index is 2.90. The second-order valence-corrected chi connectivity index (χ2v) is 4.92. The predicted octanol–water partition coefficient (Wildman–Crippen LogP) is 3.68. The van der Waals surface area contributed by atoms with E-state index in [9.17, 15) is 0 Å². The van der Waals surface area contributed by atoms with Gasteiger partial charge in [-0.2, -0.15) is 0 Å². The van der Waals surface area contributed by atoms with Gasteiger partial charge in [0.25, 0.3) is 0 Å². The number of benzene rings is 1. The summed E-state index contributed by atoms with van der Waals surface area (Å²) in [4.78, 5) is 2.35. The molecule has 0 spiro atoms. The second kappa shape index (κ2) is 7.14. The molecule has 3 heteroatoms. The molecular weight excluding hydrogens is 224 g/mol. The Labute approximate surface area is 111 Å². The van der Waals surface area contributed by atoms with Crippen molar-refractivity contribution < 1.29 is 4.74 Å². The minimum atomic E-state index is 0.441. The number of nitrogen functional groups attached to an aromatic ring is 1. The molecule has 0 aliphatic carbocycles. The van der Waals surface area contributed by atoms with Crippen LogP contribution in [0.5, 0.6) is 5.75 Å². The van der Waals surface area contributed by atoms with Crippen molar-refractivity contribution in [2.45, 2.75) is 46.1 Å². The van der Waals surface area contributed by atoms with Crippen molar-refractivity contribution in [2.75, 3.05) is 24.3 Å². The topological polar surface area (TPSA) is 38.5 Å². The highest BCUT2D eigenvalue weighted by Gasteiger charge is 2.13. The fraction of sp³-hybridized carbons (Fsp3) is 0.600. The minimum absolute atomic E-state index is 0.441. The Kier molecular flexibility index (Phi) is 5.83. The van der Waals surface area contributed by atoms with Crippen molar-refractivity contribution in [1.29, 1.82) is 0 Å². The van der Waals surface area contributed by atoms with E-state index >= 15 is 0 Å². The van der Waals surface area contributed by atoms with E-state index in [-0.39, 0.29) is 0 Å². The summed E-state index contributed by atoms with van der Waals surface area (Å²) in [6, 6.07) is 6.30. The summed E-state index contributed by atoms with van der Waals surface area (Å²) in [6.45, 7) is 7.66. The third kappa shape index (κ3) is 3.83. The van der Waals surface area contributed by atoms with E-state index in [4.69, 9.17) is 10.5 Å². The van der Waals surface area contributed by atoms with Crippen molar-refractivity contribution in [3.05, 3.63) is 18.2 Å². The van der Waals surface area contributed by atoms with Crippen molar-refractivity contribution in [1.82, 2.24) is 0 Å². The largest absolute Gasteiger partial charge is 0.497 e. The third-order valence-electron chi connectivity index (χ3n) is 3.17. The lowest BCUT2D eigenvalue weighted by Gasteiger charge is -2.30. The van der Waals surface area contributed by atoms with Crippen molar-refractivity contribution in [2.24, 2.45) is 0 Å². The molecule has 0 aliphatic heterocycles. The van der Waals surface area contributed by atoms with Gasteiger partial charge in [-0.3, -0.25) is 0 Å². The first-order valence-electron chi connectivity index (χ1n) is 6.80. The van der Waals surface area contributed by atoms with Crippen molar-refractivity contribution in [3.8, 4) is 5.75 Å². The maximum absolute atomic E-state index is 6.09. The molecule has 0 aromatic heterocycles. The Morgan fingerprint density at radius 2 is 2.00 bits per heavy atom. The lowest BCUT2D eigenvalue weighted by atomic mass is 10.1. The molecule has 0 saturated carbocycles. The van der Waals surface area contributed by atoms with Gasteiger partial charge < -0.3 is 15.4 Å². The zero-order valence-corrected chi connectivity index (χ0v) is 12.1. The molecule has 2 N–H and O–H groups in total. The number of nitrogens with two attached hydrogens (primary N) is 1. The first-order valence-corrected chi connectivity index (χ1v) is 6.80. The molecule has 1 aromatic carbocycles. The third-order valence-corrected chi connectivity index (χ3v) is 3.17. The standard InChI is InChI=1S/C15H26N2O/c1-5-6-7-10-17(12(2)3)15-11-13(18-4)8-9-14(15)16/h8-9,11-12H,5-7,10,16H2,1-4H3. The molecule has 102 valence electrons. The Morgan fingerprint density at radius 1 is 1.28 bits per heavy atom. The van der Waals surface area contributed by atoms with Gasteiger partial charge in [0.15, 0.2) is 0 Å². The van der Waals surface area contributed by atoms with Crippen LogP contribution in [-0.4, -0.2) is 19.7 Å². The highest BCUT2D eigenvalue weighted by atomic mass is 16.5. The molecule has 0 fully saturated rings. The lowest BCUT2D eigenvalue weighted by molar-refractivity contribution is 0.414. The van der Waals surface area contributed by atoms with Crippen LogP contribution in [0.3, 0.4) is 0 Å². The number of ether oxygens (including phenoxy) is 1. The van der Waals surface area contributed by atoms with E-state index in [0.29, 0.717) is 6.04 Å². The van der Waals surface area contributed by atoms with Crippen LogP contribution in [0.2, 0.25) is 0 Å². The van der Waals surface area contributed by atoms with Crippen LogP contribution in [-0.2, 0) is 0 Å². The number of rotatable bonds is 7. The quantitative estimate of drug-likeness (QED) is 0.592. The average Bonchev–Trinajstić information content (AvgIpc) is 2.35. The number of methoxy groups -OCH3 is 1. The minimum Gasteiger partial charge on any atom is -0.497 e. The summed E-state index contributed by atoms with van der Waals surface area (Å²) < 4.78 is 5.28. The molecule has 0 saturated heterocycles. The zero-order valence-electron chi connectivity index (χ0n) is 12.1. The molecule has 1 rings (SSSR count). The van der Waals surface area contributed by atoms with Gasteiger partial charge in [0, 0.05) is 18.7 Å². The molecular formula is C15H26N2O. The maximum Gasteiger partial charge on any atom is 0.121 e. The van der Waals surface area contributed by atoms with E-state index in [1.165, 1.54) is 19.3 Å². The van der Waals surface area contributed by atoms with E-state index in [2.05, 4.69) is 25.7 Å². The van der Waals surface area contributed by atoms with Crippen molar-refractivity contribution >= 4 is 11.4 Å². The molecule has 18 heavy (non-hydrogen) atoms. The van der Waals surface area contributed by atoms with Gasteiger partial charge in [0.2, 0.25) is 0 Å². The SMILES string of the molecule is CCCCCN(c1cc(OC)ccc1N)C(C)C. The smallest absolute Gasteiger partial charge is 0.121 e. The van der Waals surface area contributed by atoms with Crippen LogP contribution in [0.1, 0.15) is 40.0 Å². The summed E-state index contributed by atoms with van der Waals surface area (Å²) in [5.41, 5.74) is 7.99. The molecule has 3 nitrogen and oxygen atoms in total. The number of hydrogen-bond donors (Lipinski definition) is 1. The Morgan fingerprint density at radius 3 is 2.56 bits per heavy atom. The molecule has 0 atom stereocenters. The monoisotopic (exact) mass is 250 g/mol. The average molecular weight is 250 g/mol. The van der Waals surface area contributed by atoms with Crippen LogP contribution in [0.25, 0.3) is 0 Å². The molecule has 0 amide bonds. The van der Waals surface area contributed by atoms with Crippen LogP contribution < -0.4 is 15.4 Å². The maximum atomic E-state index is 6.09. The summed E-state index contributed by atoms with van der Waals surface area (Å²) in [7, 11) is 1.69. The predicted molar refractivity (Wildman–Crippen MR) is 79.4 cm³/mol. The van der Waals surface area contributed by atoms with E-state index in [1.54, 1.807) is 7.11 Å². The second-order valence-electron chi connectivity index (χ2n) is 4.92. The molecule has 0 radical (unpaired) electrons. The van der Waals surface area contributed by atoms with Gasteiger partial charge in [0.05, 0.1) is 18.5 Å². The zero-order chi connectivity index (χ0) is 13.5. The number of hydrogen-bond acceptors (Lipinski definition) is 3. The van der Waals surface area contributed by atoms with Gasteiger partial charge in [-0.25, -0.2) is 0 Å². The Hall–Kier alpha value is -1.38. The van der Waals surface area contributed by atoms with Gasteiger partial charge in [-0.1, -0.05) is 19.8 Å². The number of nitrogens with zero attached hydrogens (tertiary/aromatic N) is 1. The lowest BCUT2D eigenvalue weighted by Crippen LogP contribution is -2.32. The highest BCUT2D eigenvalue weighted by Crippen LogP contribution is 2.29. The van der Waals surface area contributed by atoms with Crippen LogP contribution in [0.4, 0.5) is 11.4 Å². The van der Waals surface area contributed by atoms with Gasteiger partial charge in [-0.15, -0.1) is 0 Å². The van der Waals surface area contributed by atoms with Crippen LogP contribution in [0.15, 0.2) is 18.2 Å². The molecule has 0 aliphatic rings.